The molecule has 380 valence electrons. The van der Waals surface area contributed by atoms with E-state index in [0.717, 1.165) is 44.9 Å². The predicted octanol–water partition coefficient (Wildman–Crippen LogP) is 16.4. The largest absolute Gasteiger partial charge is 0.472 e. The summed E-state index contributed by atoms with van der Waals surface area (Å²) in [6.45, 7) is 4.91. The monoisotopic (exact) mass is 926 g/mol. The van der Waals surface area contributed by atoms with Crippen molar-refractivity contribution in [3.63, 3.8) is 0 Å². The Bertz CT molecular complexity index is 1090. The number of aliphatic hydroxyl groups excluding tert-OH is 1. The molecule has 0 bridgehead atoms. The third kappa shape index (κ3) is 48.9. The lowest BCUT2D eigenvalue weighted by atomic mass is 10.0. The molecule has 3 atom stereocenters. The summed E-state index contributed by atoms with van der Waals surface area (Å²) in [7, 11) is 1.62. The first-order valence-corrected chi connectivity index (χ1v) is 29.2. The lowest BCUT2D eigenvalue weighted by Gasteiger charge is -2.26. The Morgan fingerprint density at radius 3 is 1.28 bits per heavy atom. The Balaban J connectivity index is 4.13. The summed E-state index contributed by atoms with van der Waals surface area (Å²) in [5.74, 6) is -0.144. The van der Waals surface area contributed by atoms with Gasteiger partial charge in [0.05, 0.1) is 39.9 Å². The molecular weight excluding hydrogens is 816 g/mol. The molecule has 0 spiro atoms. The third-order valence-electron chi connectivity index (χ3n) is 12.7. The van der Waals surface area contributed by atoms with Gasteiger partial charge in [0.25, 0.3) is 0 Å². The Morgan fingerprint density at radius 1 is 0.531 bits per heavy atom. The van der Waals surface area contributed by atoms with Crippen molar-refractivity contribution >= 4 is 13.7 Å². The van der Waals surface area contributed by atoms with E-state index in [-0.39, 0.29) is 19.1 Å². The van der Waals surface area contributed by atoms with Crippen molar-refractivity contribution in [3.05, 3.63) is 24.3 Å². The number of hydrogen-bond donors (Lipinski definition) is 3. The summed E-state index contributed by atoms with van der Waals surface area (Å²) in [4.78, 5) is 23.3. The minimum absolute atomic E-state index is 0.0755. The first kappa shape index (κ1) is 63.0. The molecule has 3 unspecified atom stereocenters. The SMILES string of the molecule is CCCCCCCCCCC/C=C\C/C=C\CCCCCCCCCCCCCC(=O)NC(COP(=O)(O)OCC[N+](C)(C)C)C(O)CCCCCCCCCCCCCCCCC. The number of rotatable bonds is 51. The minimum Gasteiger partial charge on any atom is -0.391 e. The summed E-state index contributed by atoms with van der Waals surface area (Å²) < 4.78 is 23.7. The van der Waals surface area contributed by atoms with E-state index < -0.39 is 20.0 Å². The van der Waals surface area contributed by atoms with E-state index in [2.05, 4.69) is 43.5 Å². The normalized spacial score (nSPS) is 14.2. The number of amides is 1. The molecule has 9 heteroatoms. The number of aliphatic hydroxyl groups is 1. The zero-order valence-corrected chi connectivity index (χ0v) is 44.2. The second-order valence-corrected chi connectivity index (χ2v) is 21.8. The Kier molecular flexibility index (Phi) is 46.3. The number of phosphoric ester groups is 1. The lowest BCUT2D eigenvalue weighted by molar-refractivity contribution is -0.870. The van der Waals surface area contributed by atoms with Crippen LogP contribution in [0.4, 0.5) is 0 Å². The van der Waals surface area contributed by atoms with Crippen LogP contribution in [-0.2, 0) is 18.4 Å². The van der Waals surface area contributed by atoms with Crippen LogP contribution < -0.4 is 5.32 Å². The van der Waals surface area contributed by atoms with Crippen LogP contribution in [0.3, 0.4) is 0 Å². The summed E-state index contributed by atoms with van der Waals surface area (Å²) >= 11 is 0. The van der Waals surface area contributed by atoms with Crippen LogP contribution in [0.5, 0.6) is 0 Å². The maximum absolute atomic E-state index is 13.0. The van der Waals surface area contributed by atoms with Crippen molar-refractivity contribution in [2.75, 3.05) is 40.9 Å². The molecule has 0 rings (SSSR count). The Morgan fingerprint density at radius 2 is 0.891 bits per heavy atom. The molecular formula is C55H110N2O6P+. The molecule has 0 heterocycles. The molecule has 0 aromatic heterocycles. The van der Waals surface area contributed by atoms with E-state index in [4.69, 9.17) is 9.05 Å². The highest BCUT2D eigenvalue weighted by atomic mass is 31.2. The first-order valence-electron chi connectivity index (χ1n) is 27.7. The number of phosphoric acid groups is 1. The smallest absolute Gasteiger partial charge is 0.391 e. The van der Waals surface area contributed by atoms with Crippen LogP contribution >= 0.6 is 7.82 Å². The topological polar surface area (TPSA) is 105 Å². The summed E-state index contributed by atoms with van der Waals surface area (Å²) in [6, 6.07) is -0.760. The zero-order chi connectivity index (χ0) is 47.1. The van der Waals surface area contributed by atoms with Gasteiger partial charge in [-0.3, -0.25) is 13.8 Å². The van der Waals surface area contributed by atoms with Gasteiger partial charge in [-0.05, 0) is 44.9 Å². The standard InChI is InChI=1S/C55H109N2O6P/c1-6-8-10-12-14-16-18-20-22-23-24-25-26-27-28-29-30-31-32-33-35-37-39-41-43-45-47-49-55(59)56-53(52-63-64(60,61)62-51-50-57(3,4)5)54(58)48-46-44-42-40-38-36-34-21-19-17-15-13-11-9-7-2/h24-25,27-28,53-54,58H,6-23,26,29-52H2,1-5H3,(H-,56,59,60,61)/p+1/b25-24-,28-27-. The molecule has 0 aliphatic rings. The zero-order valence-electron chi connectivity index (χ0n) is 43.3. The van der Waals surface area contributed by atoms with Crippen molar-refractivity contribution in [3.8, 4) is 0 Å². The van der Waals surface area contributed by atoms with Gasteiger partial charge in [-0.2, -0.15) is 0 Å². The van der Waals surface area contributed by atoms with Gasteiger partial charge in [0.1, 0.15) is 13.2 Å². The number of quaternary nitrogens is 1. The number of carbonyl (C=O) groups is 1. The van der Waals surface area contributed by atoms with Crippen LogP contribution in [0.15, 0.2) is 24.3 Å². The van der Waals surface area contributed by atoms with Gasteiger partial charge < -0.3 is 19.8 Å². The van der Waals surface area contributed by atoms with E-state index in [9.17, 15) is 19.4 Å². The van der Waals surface area contributed by atoms with Crippen LogP contribution in [0.1, 0.15) is 271 Å². The van der Waals surface area contributed by atoms with Crippen LogP contribution in [0.25, 0.3) is 0 Å². The summed E-state index contributed by atoms with van der Waals surface area (Å²) in [5, 5.41) is 14.0. The van der Waals surface area contributed by atoms with Crippen LogP contribution in [-0.4, -0.2) is 73.4 Å². The quantitative estimate of drug-likeness (QED) is 0.0243. The average molecular weight is 926 g/mol. The Labute approximate surface area is 398 Å². The van der Waals surface area contributed by atoms with E-state index in [1.165, 1.54) is 199 Å². The number of nitrogens with zero attached hydrogens (tertiary/aromatic N) is 1. The molecule has 0 aliphatic heterocycles. The minimum atomic E-state index is -4.32. The van der Waals surface area contributed by atoms with Crippen LogP contribution in [0, 0.1) is 0 Å². The van der Waals surface area contributed by atoms with E-state index in [0.29, 0.717) is 23.9 Å². The second kappa shape index (κ2) is 47.1. The van der Waals surface area contributed by atoms with E-state index >= 15 is 0 Å². The van der Waals surface area contributed by atoms with Gasteiger partial charge in [-0.25, -0.2) is 4.57 Å². The van der Waals surface area contributed by atoms with Crippen molar-refractivity contribution < 1.29 is 32.9 Å². The molecule has 0 radical (unpaired) electrons. The number of allylic oxidation sites excluding steroid dienone is 4. The summed E-state index contributed by atoms with van der Waals surface area (Å²) in [6.07, 6.45) is 58.0. The highest BCUT2D eigenvalue weighted by molar-refractivity contribution is 7.47. The fourth-order valence-corrected chi connectivity index (χ4v) is 9.05. The van der Waals surface area contributed by atoms with Gasteiger partial charge in [-0.1, -0.05) is 244 Å². The average Bonchev–Trinajstić information content (AvgIpc) is 3.25. The fourth-order valence-electron chi connectivity index (χ4n) is 8.31. The molecule has 0 saturated carbocycles. The number of nitrogens with one attached hydrogen (secondary N) is 1. The van der Waals surface area contributed by atoms with Crippen molar-refractivity contribution in [2.45, 2.75) is 283 Å². The predicted molar refractivity (Wildman–Crippen MR) is 277 cm³/mol. The molecule has 0 saturated heterocycles. The number of hydrogen-bond acceptors (Lipinski definition) is 5. The molecule has 0 aliphatic carbocycles. The van der Waals surface area contributed by atoms with Gasteiger partial charge in [0, 0.05) is 6.42 Å². The number of likely N-dealkylation sites (N-methyl/N-ethyl adjacent to an activating group) is 1. The molecule has 1 amide bonds. The van der Waals surface area contributed by atoms with E-state index in [1.807, 2.05) is 21.1 Å². The lowest BCUT2D eigenvalue weighted by Crippen LogP contribution is -2.46. The third-order valence-corrected chi connectivity index (χ3v) is 13.7. The van der Waals surface area contributed by atoms with Crippen molar-refractivity contribution in [1.29, 1.82) is 0 Å². The van der Waals surface area contributed by atoms with Gasteiger partial charge in [0.2, 0.25) is 5.91 Å². The maximum atomic E-state index is 13.0. The van der Waals surface area contributed by atoms with Crippen molar-refractivity contribution in [2.24, 2.45) is 0 Å². The Hall–Kier alpha value is -1.02. The molecule has 8 nitrogen and oxygen atoms in total. The number of carbonyl (C=O) groups excluding carboxylic acids is 1. The van der Waals surface area contributed by atoms with Crippen molar-refractivity contribution in [1.82, 2.24) is 5.32 Å². The molecule has 64 heavy (non-hydrogen) atoms. The maximum Gasteiger partial charge on any atom is 0.472 e. The molecule has 0 aromatic carbocycles. The van der Waals surface area contributed by atoms with Gasteiger partial charge in [0.15, 0.2) is 0 Å². The molecule has 0 fully saturated rings. The summed E-state index contributed by atoms with van der Waals surface area (Å²) in [5.41, 5.74) is 0. The van der Waals surface area contributed by atoms with E-state index in [1.54, 1.807) is 0 Å². The molecule has 0 aromatic rings. The highest BCUT2D eigenvalue weighted by Crippen LogP contribution is 2.43. The van der Waals surface area contributed by atoms with Crippen LogP contribution in [0.2, 0.25) is 0 Å². The highest BCUT2D eigenvalue weighted by Gasteiger charge is 2.28. The first-order chi connectivity index (χ1) is 31.0. The fraction of sp³-hybridized carbons (Fsp3) is 0.909. The van der Waals surface area contributed by atoms with Gasteiger partial charge in [-0.15, -0.1) is 0 Å². The number of unbranched alkanes of at least 4 members (excludes halogenated alkanes) is 34. The molecule has 3 N–H and O–H groups in total. The van der Waals surface area contributed by atoms with Gasteiger partial charge >= 0.3 is 7.82 Å². The second-order valence-electron chi connectivity index (χ2n) is 20.3.